The van der Waals surface area contributed by atoms with Gasteiger partial charge in [-0.1, -0.05) is 48.5 Å². The maximum Gasteiger partial charge on any atom is 0.123 e. The molecule has 3 atom stereocenters. The quantitative estimate of drug-likeness (QED) is 0.388. The maximum absolute atomic E-state index is 6.19. The van der Waals surface area contributed by atoms with Crippen LogP contribution in [0.25, 0.3) is 10.8 Å². The summed E-state index contributed by atoms with van der Waals surface area (Å²) >= 11 is 0. The molecule has 2 fully saturated rings. The Kier molecular flexibility index (Phi) is 6.44. The average Bonchev–Trinajstić information content (AvgIpc) is 3.73. The van der Waals surface area contributed by atoms with Crippen molar-refractivity contribution in [3.05, 3.63) is 76.9 Å². The second-order valence-corrected chi connectivity index (χ2v) is 9.05. The Bertz CT molecular complexity index is 1070. The van der Waals surface area contributed by atoms with Crippen molar-refractivity contribution in [1.82, 2.24) is 0 Å². The molecule has 0 radical (unpaired) electrons. The van der Waals surface area contributed by atoms with Crippen LogP contribution in [0.3, 0.4) is 0 Å². The number of benzene rings is 3. The second-order valence-electron chi connectivity index (χ2n) is 9.05. The summed E-state index contributed by atoms with van der Waals surface area (Å²) in [6.07, 6.45) is 3.70. The van der Waals surface area contributed by atoms with Gasteiger partial charge in [-0.25, -0.2) is 0 Å². The van der Waals surface area contributed by atoms with Gasteiger partial charge in [0.15, 0.2) is 0 Å². The molecular formula is C28H32O4. The van der Waals surface area contributed by atoms with Crippen LogP contribution >= 0.6 is 0 Å². The van der Waals surface area contributed by atoms with Crippen LogP contribution in [0, 0.1) is 6.92 Å². The minimum Gasteiger partial charge on any atom is -0.490 e. The van der Waals surface area contributed by atoms with Gasteiger partial charge in [-0.05, 0) is 60.2 Å². The van der Waals surface area contributed by atoms with E-state index >= 15 is 0 Å². The molecule has 0 saturated carbocycles. The number of epoxide rings is 2. The molecule has 0 spiro atoms. The van der Waals surface area contributed by atoms with E-state index in [1.165, 1.54) is 33.0 Å². The Morgan fingerprint density at radius 2 is 1.66 bits per heavy atom. The number of rotatable bonds is 11. The van der Waals surface area contributed by atoms with Gasteiger partial charge in [0.25, 0.3) is 0 Å². The lowest BCUT2D eigenvalue weighted by Crippen LogP contribution is -2.13. The fraction of sp³-hybridized carbons (Fsp3) is 0.429. The Morgan fingerprint density at radius 1 is 0.906 bits per heavy atom. The molecular weight excluding hydrogens is 400 g/mol. The van der Waals surface area contributed by atoms with Crippen LogP contribution in [0.2, 0.25) is 0 Å². The highest BCUT2D eigenvalue weighted by Gasteiger charge is 2.24. The summed E-state index contributed by atoms with van der Waals surface area (Å²) in [6.45, 7) is 7.40. The first-order valence-corrected chi connectivity index (χ1v) is 11.7. The van der Waals surface area contributed by atoms with Crippen molar-refractivity contribution in [1.29, 1.82) is 0 Å². The predicted molar refractivity (Wildman–Crippen MR) is 127 cm³/mol. The van der Waals surface area contributed by atoms with E-state index in [4.69, 9.17) is 18.9 Å². The molecule has 168 valence electrons. The Balaban J connectivity index is 1.34. The lowest BCUT2D eigenvalue weighted by Gasteiger charge is -2.17. The summed E-state index contributed by atoms with van der Waals surface area (Å²) in [7, 11) is 0. The molecule has 5 rings (SSSR count). The van der Waals surface area contributed by atoms with Gasteiger partial charge in [-0.3, -0.25) is 0 Å². The van der Waals surface area contributed by atoms with Gasteiger partial charge in [0.05, 0.1) is 25.9 Å². The molecule has 32 heavy (non-hydrogen) atoms. The molecule has 4 heteroatoms. The van der Waals surface area contributed by atoms with E-state index in [-0.39, 0.29) is 12.2 Å². The van der Waals surface area contributed by atoms with Crippen LogP contribution in [0.1, 0.15) is 35.6 Å². The third-order valence-electron chi connectivity index (χ3n) is 6.54. The van der Waals surface area contributed by atoms with E-state index in [2.05, 4.69) is 68.4 Å². The van der Waals surface area contributed by atoms with Crippen molar-refractivity contribution in [3.8, 4) is 5.75 Å². The van der Waals surface area contributed by atoms with Crippen molar-refractivity contribution in [2.75, 3.05) is 26.4 Å². The van der Waals surface area contributed by atoms with Crippen molar-refractivity contribution >= 4 is 10.8 Å². The number of hydrogen-bond acceptors (Lipinski definition) is 4. The molecule has 2 saturated heterocycles. The number of fused-ring (bicyclic) bond motifs is 1. The molecule has 3 aromatic carbocycles. The highest BCUT2D eigenvalue weighted by molar-refractivity contribution is 5.88. The first-order chi connectivity index (χ1) is 15.7. The second kappa shape index (κ2) is 9.62. The fourth-order valence-corrected chi connectivity index (χ4v) is 4.25. The summed E-state index contributed by atoms with van der Waals surface area (Å²) < 4.78 is 22.7. The van der Waals surface area contributed by atoms with Gasteiger partial charge in [-0.2, -0.15) is 0 Å². The third kappa shape index (κ3) is 5.32. The molecule has 2 aliphatic rings. The summed E-state index contributed by atoms with van der Waals surface area (Å²) in [5, 5.41) is 2.51. The topological polar surface area (TPSA) is 43.5 Å². The molecule has 3 unspecified atom stereocenters. The summed E-state index contributed by atoms with van der Waals surface area (Å²) in [4.78, 5) is 0. The normalized spacial score (nSPS) is 20.3. The van der Waals surface area contributed by atoms with Crippen LogP contribution in [0.4, 0.5) is 0 Å². The van der Waals surface area contributed by atoms with E-state index in [0.29, 0.717) is 12.7 Å². The molecule has 0 N–H and O–H groups in total. The van der Waals surface area contributed by atoms with E-state index in [1.807, 2.05) is 0 Å². The van der Waals surface area contributed by atoms with Gasteiger partial charge in [0.1, 0.15) is 24.6 Å². The van der Waals surface area contributed by atoms with Gasteiger partial charge in [-0.15, -0.1) is 0 Å². The predicted octanol–water partition coefficient (Wildman–Crippen LogP) is 5.25. The molecule has 0 aliphatic carbocycles. The largest absolute Gasteiger partial charge is 0.490 e. The molecule has 4 nitrogen and oxygen atoms in total. The first-order valence-electron chi connectivity index (χ1n) is 11.7. The minimum atomic E-state index is 0.241. The Labute approximate surface area is 190 Å². The third-order valence-corrected chi connectivity index (χ3v) is 6.54. The van der Waals surface area contributed by atoms with Gasteiger partial charge in [0.2, 0.25) is 0 Å². The van der Waals surface area contributed by atoms with Crippen LogP contribution in [-0.2, 0) is 27.1 Å². The van der Waals surface area contributed by atoms with Gasteiger partial charge in [0, 0.05) is 12.0 Å². The molecule has 0 amide bonds. The maximum atomic E-state index is 6.19. The van der Waals surface area contributed by atoms with E-state index < -0.39 is 0 Å². The van der Waals surface area contributed by atoms with E-state index in [0.717, 1.165) is 44.8 Å². The lowest BCUT2D eigenvalue weighted by atomic mass is 9.91. The standard InChI is InChI=1S/C28H32O4/c1-19(29-15-24-16-30-24)10-11-21-7-5-8-23(20(21)2)14-27-26-9-4-3-6-22(26)12-13-28(27)32-18-25-17-31-25/h3-9,12-13,19,24-25H,10-11,14-18H2,1-2H3. The van der Waals surface area contributed by atoms with Crippen LogP contribution < -0.4 is 4.74 Å². The van der Waals surface area contributed by atoms with E-state index in [1.54, 1.807) is 0 Å². The lowest BCUT2D eigenvalue weighted by molar-refractivity contribution is 0.0494. The molecule has 2 aliphatic heterocycles. The van der Waals surface area contributed by atoms with Crippen molar-refractivity contribution in [2.24, 2.45) is 0 Å². The first kappa shape index (κ1) is 21.4. The zero-order chi connectivity index (χ0) is 21.9. The van der Waals surface area contributed by atoms with Gasteiger partial charge >= 0.3 is 0 Å². The zero-order valence-corrected chi connectivity index (χ0v) is 19.0. The number of ether oxygens (including phenoxy) is 4. The van der Waals surface area contributed by atoms with E-state index in [9.17, 15) is 0 Å². The van der Waals surface area contributed by atoms with Crippen molar-refractivity contribution in [3.63, 3.8) is 0 Å². The Hall–Kier alpha value is -2.40. The minimum absolute atomic E-state index is 0.241. The van der Waals surface area contributed by atoms with Gasteiger partial charge < -0.3 is 18.9 Å². The fourth-order valence-electron chi connectivity index (χ4n) is 4.25. The molecule has 3 aromatic rings. The summed E-state index contributed by atoms with van der Waals surface area (Å²) in [5.41, 5.74) is 5.38. The van der Waals surface area contributed by atoms with Crippen LogP contribution in [0.5, 0.6) is 5.75 Å². The highest BCUT2D eigenvalue weighted by atomic mass is 16.6. The average molecular weight is 433 g/mol. The zero-order valence-electron chi connectivity index (χ0n) is 19.0. The number of aryl methyl sites for hydroxylation is 1. The monoisotopic (exact) mass is 432 g/mol. The number of hydrogen-bond donors (Lipinski definition) is 0. The Morgan fingerprint density at radius 3 is 2.47 bits per heavy atom. The smallest absolute Gasteiger partial charge is 0.123 e. The molecule has 0 aromatic heterocycles. The summed E-state index contributed by atoms with van der Waals surface area (Å²) in [5.74, 6) is 0.966. The molecule has 0 bridgehead atoms. The molecule has 2 heterocycles. The van der Waals surface area contributed by atoms with Crippen molar-refractivity contribution in [2.45, 2.75) is 51.4 Å². The van der Waals surface area contributed by atoms with Crippen molar-refractivity contribution < 1.29 is 18.9 Å². The summed E-state index contributed by atoms with van der Waals surface area (Å²) in [6, 6.07) is 19.5. The highest BCUT2D eigenvalue weighted by Crippen LogP contribution is 2.32. The SMILES string of the molecule is Cc1c(CCC(C)OCC2CO2)cccc1Cc1c(OCC2CO2)ccc2ccccc12. The van der Waals surface area contributed by atoms with Crippen LogP contribution in [0.15, 0.2) is 54.6 Å². The van der Waals surface area contributed by atoms with Crippen LogP contribution in [-0.4, -0.2) is 44.7 Å².